The zero-order valence-corrected chi connectivity index (χ0v) is 15.8. The summed E-state index contributed by atoms with van der Waals surface area (Å²) in [5, 5.41) is 8.96. The van der Waals surface area contributed by atoms with E-state index in [1.807, 2.05) is 4.68 Å². The number of aromatic nitrogens is 3. The molecular formula is C19H28N6O. The highest BCUT2D eigenvalue weighted by atomic mass is 16.5. The highest BCUT2D eigenvalue weighted by Gasteiger charge is 2.25. The van der Waals surface area contributed by atoms with Crippen molar-refractivity contribution >= 4 is 28.2 Å². The molecule has 0 radical (unpaired) electrons. The van der Waals surface area contributed by atoms with Crippen LogP contribution in [-0.4, -0.2) is 53.7 Å². The summed E-state index contributed by atoms with van der Waals surface area (Å²) in [4.78, 5) is 7.33. The highest BCUT2D eigenvalue weighted by Crippen LogP contribution is 2.35. The van der Waals surface area contributed by atoms with Crippen LogP contribution in [0.1, 0.15) is 38.8 Å². The van der Waals surface area contributed by atoms with Gasteiger partial charge in [0.1, 0.15) is 5.82 Å². The zero-order chi connectivity index (χ0) is 18.3. The Kier molecular flexibility index (Phi) is 4.58. The van der Waals surface area contributed by atoms with Crippen molar-refractivity contribution in [2.75, 3.05) is 43.5 Å². The van der Waals surface area contributed by atoms with Gasteiger partial charge in [-0.25, -0.2) is 9.67 Å². The third-order valence-corrected chi connectivity index (χ3v) is 5.24. The maximum atomic E-state index is 6.33. The van der Waals surface area contributed by atoms with Crippen molar-refractivity contribution in [3.05, 3.63) is 17.7 Å². The minimum atomic E-state index is 0.203. The molecule has 2 aliphatic rings. The van der Waals surface area contributed by atoms with E-state index in [2.05, 4.69) is 48.2 Å². The number of nitrogens with two attached hydrogens (primary N) is 1. The Hall–Kier alpha value is -2.12. The summed E-state index contributed by atoms with van der Waals surface area (Å²) in [6.45, 7) is 10.6. The average Bonchev–Trinajstić information content (AvgIpc) is 2.99. The lowest BCUT2D eigenvalue weighted by atomic mass is 9.97. The molecule has 4 heterocycles. The Labute approximate surface area is 154 Å². The number of hydrogen-bond donors (Lipinski definition) is 2. The van der Waals surface area contributed by atoms with Crippen LogP contribution >= 0.6 is 0 Å². The Bertz CT molecular complexity index is 840. The zero-order valence-electron chi connectivity index (χ0n) is 15.8. The number of pyridine rings is 1. The van der Waals surface area contributed by atoms with Crippen molar-refractivity contribution in [1.29, 1.82) is 0 Å². The van der Waals surface area contributed by atoms with Gasteiger partial charge < -0.3 is 20.7 Å². The average molecular weight is 356 g/mol. The van der Waals surface area contributed by atoms with Gasteiger partial charge in [-0.2, -0.15) is 5.10 Å². The molecule has 0 bridgehead atoms. The Morgan fingerprint density at radius 1 is 1.38 bits per heavy atom. The number of rotatable bonds is 3. The quantitative estimate of drug-likeness (QED) is 0.877. The van der Waals surface area contributed by atoms with Gasteiger partial charge in [-0.1, -0.05) is 6.08 Å². The van der Waals surface area contributed by atoms with Gasteiger partial charge in [-0.15, -0.1) is 0 Å². The van der Waals surface area contributed by atoms with Crippen LogP contribution in [-0.2, 0) is 4.74 Å². The van der Waals surface area contributed by atoms with Crippen LogP contribution in [0.4, 0.5) is 11.6 Å². The molecule has 7 nitrogen and oxygen atoms in total. The van der Waals surface area contributed by atoms with Gasteiger partial charge in [0.2, 0.25) is 0 Å². The number of anilines is 2. The van der Waals surface area contributed by atoms with Crippen molar-refractivity contribution in [1.82, 2.24) is 20.1 Å². The maximum Gasteiger partial charge on any atom is 0.163 e. The number of hydrogen-bond acceptors (Lipinski definition) is 6. The van der Waals surface area contributed by atoms with Gasteiger partial charge in [0.25, 0.3) is 0 Å². The predicted octanol–water partition coefficient (Wildman–Crippen LogP) is 2.20. The van der Waals surface area contributed by atoms with E-state index in [4.69, 9.17) is 15.5 Å². The molecule has 0 amide bonds. The van der Waals surface area contributed by atoms with Crippen molar-refractivity contribution in [3.8, 4) is 0 Å². The van der Waals surface area contributed by atoms with Crippen molar-refractivity contribution < 1.29 is 4.74 Å². The second-order valence-electron chi connectivity index (χ2n) is 7.45. The number of nitrogens with one attached hydrogen (secondary N) is 1. The molecule has 0 saturated carbocycles. The summed E-state index contributed by atoms with van der Waals surface area (Å²) in [5.41, 5.74) is 9.71. The summed E-state index contributed by atoms with van der Waals surface area (Å²) in [6.07, 6.45) is 3.25. The van der Waals surface area contributed by atoms with E-state index in [0.29, 0.717) is 11.9 Å². The standard InChI is InChI=1S/C19H28N6O/c1-12(2)25-19-17(18(20)23-25)15(14-4-6-21-7-5-14)10-16(22-19)24-8-9-26-11-13(24)3/h4,10,12-13,21H,5-9,11H2,1-3H3,(H2,20,23). The fraction of sp³-hybridized carbons (Fsp3) is 0.579. The van der Waals surface area contributed by atoms with Crippen LogP contribution in [0.5, 0.6) is 0 Å². The third-order valence-electron chi connectivity index (χ3n) is 5.24. The van der Waals surface area contributed by atoms with E-state index in [1.54, 1.807) is 0 Å². The minimum absolute atomic E-state index is 0.203. The third kappa shape index (κ3) is 2.95. The first kappa shape index (κ1) is 17.3. The molecule has 0 spiro atoms. The second-order valence-corrected chi connectivity index (χ2v) is 7.45. The molecule has 26 heavy (non-hydrogen) atoms. The van der Waals surface area contributed by atoms with Crippen LogP contribution < -0.4 is 16.0 Å². The number of nitrogens with zero attached hydrogens (tertiary/aromatic N) is 4. The fourth-order valence-corrected chi connectivity index (χ4v) is 3.85. The summed E-state index contributed by atoms with van der Waals surface area (Å²) in [7, 11) is 0. The molecule has 2 aromatic heterocycles. The van der Waals surface area contributed by atoms with Gasteiger partial charge in [0.15, 0.2) is 11.5 Å². The normalized spacial score (nSPS) is 21.5. The number of fused-ring (bicyclic) bond motifs is 1. The monoisotopic (exact) mass is 356 g/mol. The lowest BCUT2D eigenvalue weighted by Crippen LogP contribution is -2.44. The largest absolute Gasteiger partial charge is 0.382 e. The van der Waals surface area contributed by atoms with E-state index in [9.17, 15) is 0 Å². The summed E-state index contributed by atoms with van der Waals surface area (Å²) in [6, 6.07) is 2.70. The van der Waals surface area contributed by atoms with Crippen LogP contribution in [0.3, 0.4) is 0 Å². The van der Waals surface area contributed by atoms with Crippen LogP contribution in [0.15, 0.2) is 12.1 Å². The fourth-order valence-electron chi connectivity index (χ4n) is 3.85. The molecule has 3 N–H and O–H groups in total. The molecule has 4 rings (SSSR count). The van der Waals surface area contributed by atoms with Gasteiger partial charge in [-0.3, -0.25) is 0 Å². The van der Waals surface area contributed by atoms with E-state index in [-0.39, 0.29) is 6.04 Å². The Morgan fingerprint density at radius 3 is 2.92 bits per heavy atom. The molecule has 1 unspecified atom stereocenters. The van der Waals surface area contributed by atoms with Crippen LogP contribution in [0.25, 0.3) is 16.6 Å². The lowest BCUT2D eigenvalue weighted by molar-refractivity contribution is 0.0985. The summed E-state index contributed by atoms with van der Waals surface area (Å²) >= 11 is 0. The first-order valence-electron chi connectivity index (χ1n) is 9.49. The van der Waals surface area contributed by atoms with Gasteiger partial charge in [0, 0.05) is 19.1 Å². The molecule has 1 saturated heterocycles. The van der Waals surface area contributed by atoms with Gasteiger partial charge >= 0.3 is 0 Å². The van der Waals surface area contributed by atoms with Crippen molar-refractivity contribution in [3.63, 3.8) is 0 Å². The predicted molar refractivity (Wildman–Crippen MR) is 105 cm³/mol. The lowest BCUT2D eigenvalue weighted by Gasteiger charge is -2.34. The Morgan fingerprint density at radius 2 is 2.23 bits per heavy atom. The molecule has 7 heteroatoms. The molecular weight excluding hydrogens is 328 g/mol. The minimum Gasteiger partial charge on any atom is -0.382 e. The molecule has 2 aromatic rings. The molecule has 2 aliphatic heterocycles. The van der Waals surface area contributed by atoms with E-state index in [1.165, 1.54) is 11.1 Å². The molecule has 1 fully saturated rings. The Balaban J connectivity index is 1.93. The topological polar surface area (TPSA) is 81.2 Å². The molecule has 140 valence electrons. The van der Waals surface area contributed by atoms with E-state index in [0.717, 1.165) is 56.1 Å². The maximum absolute atomic E-state index is 6.33. The number of morpholine rings is 1. The van der Waals surface area contributed by atoms with Gasteiger partial charge in [0.05, 0.1) is 24.6 Å². The molecule has 0 aliphatic carbocycles. The van der Waals surface area contributed by atoms with Crippen molar-refractivity contribution in [2.24, 2.45) is 0 Å². The van der Waals surface area contributed by atoms with Crippen LogP contribution in [0, 0.1) is 0 Å². The number of ether oxygens (including phenoxy) is 1. The first-order chi connectivity index (χ1) is 12.6. The highest BCUT2D eigenvalue weighted by molar-refractivity contribution is 5.98. The molecule has 1 atom stereocenters. The van der Waals surface area contributed by atoms with Crippen molar-refractivity contribution in [2.45, 2.75) is 39.3 Å². The summed E-state index contributed by atoms with van der Waals surface area (Å²) in [5.74, 6) is 1.56. The smallest absolute Gasteiger partial charge is 0.163 e. The van der Waals surface area contributed by atoms with E-state index >= 15 is 0 Å². The first-order valence-corrected chi connectivity index (χ1v) is 9.49. The SMILES string of the molecule is CC1COCCN1c1cc(C2=CCNCC2)c2c(N)nn(C(C)C)c2n1. The van der Waals surface area contributed by atoms with Gasteiger partial charge in [-0.05, 0) is 50.9 Å². The summed E-state index contributed by atoms with van der Waals surface area (Å²) < 4.78 is 7.56. The van der Waals surface area contributed by atoms with Crippen LogP contribution in [0.2, 0.25) is 0 Å². The number of nitrogen functional groups attached to an aromatic ring is 1. The second kappa shape index (κ2) is 6.89. The molecule has 0 aromatic carbocycles. The van der Waals surface area contributed by atoms with E-state index < -0.39 is 0 Å².